The van der Waals surface area contributed by atoms with E-state index in [-0.39, 0.29) is 5.91 Å². The summed E-state index contributed by atoms with van der Waals surface area (Å²) in [5, 5.41) is 1.10. The first kappa shape index (κ1) is 17.5. The lowest BCUT2D eigenvalue weighted by Crippen LogP contribution is -2.49. The maximum absolute atomic E-state index is 13.6. The Labute approximate surface area is 169 Å². The third-order valence-corrected chi connectivity index (χ3v) is 7.11. The molecule has 2 aliphatic rings. The molecule has 3 aromatic heterocycles. The molecule has 1 aliphatic heterocycles. The van der Waals surface area contributed by atoms with Crippen LogP contribution in [0.25, 0.3) is 5.00 Å². The zero-order valence-corrected chi connectivity index (χ0v) is 16.7. The van der Waals surface area contributed by atoms with E-state index in [4.69, 9.17) is 0 Å². The number of carbonyl (C=O) groups excluding carboxylic acids is 1. The summed E-state index contributed by atoms with van der Waals surface area (Å²) in [4.78, 5) is 23.5. The Kier molecular flexibility index (Phi) is 4.64. The lowest BCUT2D eigenvalue weighted by molar-refractivity contribution is 0.0746. The van der Waals surface area contributed by atoms with Gasteiger partial charge in [-0.25, -0.2) is 0 Å². The molecule has 0 N–H and O–H groups in total. The highest BCUT2D eigenvalue weighted by molar-refractivity contribution is 7.15. The van der Waals surface area contributed by atoms with Crippen molar-refractivity contribution in [3.8, 4) is 5.00 Å². The minimum Gasteiger partial charge on any atom is -0.368 e. The summed E-state index contributed by atoms with van der Waals surface area (Å²) in [6.45, 7) is 3.25. The van der Waals surface area contributed by atoms with Crippen LogP contribution in [0.15, 0.2) is 49.1 Å². The summed E-state index contributed by atoms with van der Waals surface area (Å²) < 4.78 is 2.11. The summed E-state index contributed by atoms with van der Waals surface area (Å²) in [6.07, 6.45) is 12.3. The molecule has 0 radical (unpaired) electrons. The molecule has 0 saturated carbocycles. The van der Waals surface area contributed by atoms with Crippen molar-refractivity contribution in [2.45, 2.75) is 25.7 Å². The lowest BCUT2D eigenvalue weighted by Gasteiger charge is -2.36. The summed E-state index contributed by atoms with van der Waals surface area (Å²) in [7, 11) is 0. The molecule has 1 saturated heterocycles. The van der Waals surface area contributed by atoms with Crippen LogP contribution in [0.2, 0.25) is 0 Å². The zero-order valence-electron chi connectivity index (χ0n) is 15.9. The number of fused-ring (bicyclic) bond motifs is 1. The largest absolute Gasteiger partial charge is 0.368 e. The van der Waals surface area contributed by atoms with Gasteiger partial charge in [0, 0.05) is 61.5 Å². The van der Waals surface area contributed by atoms with Crippen LogP contribution in [0.3, 0.4) is 0 Å². The fourth-order valence-corrected chi connectivity index (χ4v) is 5.65. The average molecular weight is 393 g/mol. The maximum atomic E-state index is 13.6. The van der Waals surface area contributed by atoms with Gasteiger partial charge in [-0.2, -0.15) is 0 Å². The maximum Gasteiger partial charge on any atom is 0.257 e. The second kappa shape index (κ2) is 7.43. The second-order valence-corrected chi connectivity index (χ2v) is 8.55. The van der Waals surface area contributed by atoms with Gasteiger partial charge in [-0.05, 0) is 55.5 Å². The zero-order chi connectivity index (χ0) is 18.9. The SMILES string of the molecule is O=C(c1c(-n2cccc2)sc2c1CCCC2)N1CCN(c2ccncc2)CC1. The summed E-state index contributed by atoms with van der Waals surface area (Å²) >= 11 is 1.81. The molecule has 28 heavy (non-hydrogen) atoms. The highest BCUT2D eigenvalue weighted by atomic mass is 32.1. The van der Waals surface area contributed by atoms with Gasteiger partial charge in [0.15, 0.2) is 0 Å². The molecule has 0 atom stereocenters. The molecule has 0 spiro atoms. The summed E-state index contributed by atoms with van der Waals surface area (Å²) in [5.74, 6) is 0.206. The first-order valence-corrected chi connectivity index (χ1v) is 10.8. The predicted octanol–water partition coefficient (Wildman–Crippen LogP) is 3.78. The van der Waals surface area contributed by atoms with Gasteiger partial charge in [0.25, 0.3) is 5.91 Å². The van der Waals surface area contributed by atoms with Crippen molar-refractivity contribution in [3.63, 3.8) is 0 Å². The molecule has 1 amide bonds. The van der Waals surface area contributed by atoms with Crippen molar-refractivity contribution in [2.24, 2.45) is 0 Å². The van der Waals surface area contributed by atoms with E-state index in [1.54, 1.807) is 0 Å². The number of pyridine rings is 1. The Morgan fingerprint density at radius 3 is 2.43 bits per heavy atom. The molecular weight excluding hydrogens is 368 g/mol. The quantitative estimate of drug-likeness (QED) is 0.681. The highest BCUT2D eigenvalue weighted by Gasteiger charge is 2.30. The molecule has 5 nitrogen and oxygen atoms in total. The predicted molar refractivity (Wildman–Crippen MR) is 113 cm³/mol. The molecule has 1 aliphatic carbocycles. The van der Waals surface area contributed by atoms with Crippen LogP contribution in [-0.2, 0) is 12.8 Å². The number of rotatable bonds is 3. The minimum atomic E-state index is 0.206. The normalized spacial score (nSPS) is 16.9. The third kappa shape index (κ3) is 3.11. The molecule has 5 rings (SSSR count). The molecule has 4 heterocycles. The van der Waals surface area contributed by atoms with E-state index in [0.717, 1.165) is 49.6 Å². The number of hydrogen-bond acceptors (Lipinski definition) is 4. The van der Waals surface area contributed by atoms with Crippen LogP contribution in [0.1, 0.15) is 33.6 Å². The van der Waals surface area contributed by atoms with Gasteiger partial charge in [0.1, 0.15) is 5.00 Å². The van der Waals surface area contributed by atoms with Crippen LogP contribution in [-0.4, -0.2) is 46.5 Å². The molecule has 3 aromatic rings. The van der Waals surface area contributed by atoms with Gasteiger partial charge < -0.3 is 14.4 Å². The average Bonchev–Trinajstić information content (AvgIpc) is 3.42. The number of anilines is 1. The fraction of sp³-hybridized carbons (Fsp3) is 0.364. The van der Waals surface area contributed by atoms with E-state index in [0.29, 0.717) is 0 Å². The molecular formula is C22H24N4OS. The topological polar surface area (TPSA) is 41.4 Å². The third-order valence-electron chi connectivity index (χ3n) is 5.80. The Hall–Kier alpha value is -2.60. The van der Waals surface area contributed by atoms with E-state index in [1.165, 1.54) is 29.0 Å². The van der Waals surface area contributed by atoms with Crippen LogP contribution >= 0.6 is 11.3 Å². The van der Waals surface area contributed by atoms with Crippen molar-refractivity contribution in [3.05, 3.63) is 65.1 Å². The molecule has 0 unspecified atom stereocenters. The van der Waals surface area contributed by atoms with E-state index >= 15 is 0 Å². The molecule has 144 valence electrons. The monoisotopic (exact) mass is 392 g/mol. The number of nitrogens with zero attached hydrogens (tertiary/aromatic N) is 4. The van der Waals surface area contributed by atoms with Gasteiger partial charge >= 0.3 is 0 Å². The van der Waals surface area contributed by atoms with Crippen LogP contribution < -0.4 is 4.90 Å². The summed E-state index contributed by atoms with van der Waals surface area (Å²) in [6, 6.07) is 8.13. The van der Waals surface area contributed by atoms with Gasteiger partial charge in [-0.1, -0.05) is 0 Å². The molecule has 0 aromatic carbocycles. The standard InChI is InChI=1S/C22H24N4OS/c27-21(25-15-13-24(14-16-25)17-7-9-23-10-8-17)20-18-5-1-2-6-19(18)28-22(20)26-11-3-4-12-26/h3-4,7-12H,1-2,5-6,13-16H2. The van der Waals surface area contributed by atoms with Crippen LogP contribution in [0.5, 0.6) is 0 Å². The van der Waals surface area contributed by atoms with E-state index in [2.05, 4.69) is 26.8 Å². The van der Waals surface area contributed by atoms with Crippen molar-refractivity contribution in [2.75, 3.05) is 31.1 Å². The Bertz CT molecular complexity index is 956. The number of amides is 1. The van der Waals surface area contributed by atoms with Gasteiger partial charge in [0.2, 0.25) is 0 Å². The number of piperazine rings is 1. The second-order valence-electron chi connectivity index (χ2n) is 7.47. The van der Waals surface area contributed by atoms with Gasteiger partial charge in [0.05, 0.1) is 5.56 Å². The smallest absolute Gasteiger partial charge is 0.257 e. The van der Waals surface area contributed by atoms with Crippen molar-refractivity contribution in [1.82, 2.24) is 14.5 Å². The number of carbonyl (C=O) groups is 1. The van der Waals surface area contributed by atoms with Crippen LogP contribution in [0.4, 0.5) is 5.69 Å². The van der Waals surface area contributed by atoms with Crippen molar-refractivity contribution >= 4 is 22.9 Å². The molecule has 1 fully saturated rings. The Morgan fingerprint density at radius 1 is 0.964 bits per heavy atom. The first-order valence-electron chi connectivity index (χ1n) is 10.0. The van der Waals surface area contributed by atoms with Crippen molar-refractivity contribution < 1.29 is 4.79 Å². The van der Waals surface area contributed by atoms with Crippen LogP contribution in [0, 0.1) is 0 Å². The van der Waals surface area contributed by atoms with E-state index < -0.39 is 0 Å². The van der Waals surface area contributed by atoms with Gasteiger partial charge in [-0.15, -0.1) is 11.3 Å². The highest BCUT2D eigenvalue weighted by Crippen LogP contribution is 2.37. The number of aryl methyl sites for hydroxylation is 1. The molecule has 0 bridgehead atoms. The molecule has 6 heteroatoms. The minimum absolute atomic E-state index is 0.206. The lowest BCUT2D eigenvalue weighted by atomic mass is 9.95. The van der Waals surface area contributed by atoms with E-state index in [9.17, 15) is 4.79 Å². The Balaban J connectivity index is 1.41. The number of aromatic nitrogens is 2. The number of thiophene rings is 1. The first-order chi connectivity index (χ1) is 13.8. The fourth-order valence-electron chi connectivity index (χ4n) is 4.30. The van der Waals surface area contributed by atoms with E-state index in [1.807, 2.05) is 52.9 Å². The number of hydrogen-bond donors (Lipinski definition) is 0. The Morgan fingerprint density at radius 2 is 1.68 bits per heavy atom. The summed E-state index contributed by atoms with van der Waals surface area (Å²) in [5.41, 5.74) is 3.44. The van der Waals surface area contributed by atoms with Crippen molar-refractivity contribution in [1.29, 1.82) is 0 Å². The van der Waals surface area contributed by atoms with Gasteiger partial charge in [-0.3, -0.25) is 9.78 Å².